The Morgan fingerprint density at radius 1 is 0.708 bits per heavy atom. The standard InChI is InChI=1S/C18H16Cl2N2O2/c19-15-10-14(11-16(20)12-15)18(24)22-8-6-21(7-9-22)17(23)13-4-2-1-3-5-13/h1-5,10-12H,6-9H2. The smallest absolute Gasteiger partial charge is 0.254 e. The Balaban J connectivity index is 1.64. The maximum atomic E-state index is 12.6. The number of benzene rings is 2. The molecule has 1 fully saturated rings. The Kier molecular flexibility index (Phi) is 5.07. The first-order valence-electron chi connectivity index (χ1n) is 7.64. The molecule has 2 aromatic carbocycles. The van der Waals surface area contributed by atoms with Crippen molar-refractivity contribution in [2.75, 3.05) is 26.2 Å². The highest BCUT2D eigenvalue weighted by Crippen LogP contribution is 2.21. The zero-order valence-electron chi connectivity index (χ0n) is 12.9. The summed E-state index contributed by atoms with van der Waals surface area (Å²) in [4.78, 5) is 28.5. The molecule has 1 aliphatic rings. The van der Waals surface area contributed by atoms with E-state index in [1.807, 2.05) is 18.2 Å². The van der Waals surface area contributed by atoms with Gasteiger partial charge in [-0.15, -0.1) is 0 Å². The Hall–Kier alpha value is -2.04. The van der Waals surface area contributed by atoms with Gasteiger partial charge in [0.05, 0.1) is 0 Å². The highest BCUT2D eigenvalue weighted by atomic mass is 35.5. The van der Waals surface area contributed by atoms with Gasteiger partial charge in [-0.25, -0.2) is 0 Å². The fourth-order valence-electron chi connectivity index (χ4n) is 2.74. The van der Waals surface area contributed by atoms with Crippen LogP contribution in [-0.2, 0) is 0 Å². The summed E-state index contributed by atoms with van der Waals surface area (Å²) in [6.45, 7) is 1.99. The Bertz CT molecular complexity index is 737. The van der Waals surface area contributed by atoms with E-state index < -0.39 is 0 Å². The molecule has 3 rings (SSSR count). The van der Waals surface area contributed by atoms with Crippen LogP contribution < -0.4 is 0 Å². The second kappa shape index (κ2) is 7.24. The third-order valence-corrected chi connectivity index (χ3v) is 4.42. The molecule has 0 N–H and O–H groups in total. The molecule has 0 radical (unpaired) electrons. The third-order valence-electron chi connectivity index (χ3n) is 3.98. The minimum atomic E-state index is -0.119. The van der Waals surface area contributed by atoms with Crippen molar-refractivity contribution in [1.82, 2.24) is 9.80 Å². The number of hydrogen-bond donors (Lipinski definition) is 0. The van der Waals surface area contributed by atoms with E-state index in [9.17, 15) is 9.59 Å². The minimum absolute atomic E-state index is 0.00602. The predicted octanol–water partition coefficient (Wildman–Crippen LogP) is 3.59. The number of nitrogens with zero attached hydrogens (tertiary/aromatic N) is 2. The fraction of sp³-hybridized carbons (Fsp3) is 0.222. The number of hydrogen-bond acceptors (Lipinski definition) is 2. The molecule has 0 aromatic heterocycles. The summed E-state index contributed by atoms with van der Waals surface area (Å²) < 4.78 is 0. The van der Waals surface area contributed by atoms with E-state index in [0.717, 1.165) is 0 Å². The highest BCUT2D eigenvalue weighted by molar-refractivity contribution is 6.35. The second-order valence-corrected chi connectivity index (χ2v) is 6.48. The number of carbonyl (C=O) groups excluding carboxylic acids is 2. The second-order valence-electron chi connectivity index (χ2n) is 5.61. The summed E-state index contributed by atoms with van der Waals surface area (Å²) in [6.07, 6.45) is 0. The summed E-state index contributed by atoms with van der Waals surface area (Å²) in [5.41, 5.74) is 1.13. The molecule has 1 aliphatic heterocycles. The molecule has 1 saturated heterocycles. The largest absolute Gasteiger partial charge is 0.335 e. The molecular weight excluding hydrogens is 347 g/mol. The maximum absolute atomic E-state index is 12.6. The summed E-state index contributed by atoms with van der Waals surface area (Å²) in [6, 6.07) is 14.0. The van der Waals surface area contributed by atoms with Crippen LogP contribution in [0.2, 0.25) is 10.0 Å². The number of piperazine rings is 1. The summed E-state index contributed by atoms with van der Waals surface area (Å²) in [5, 5.41) is 0.868. The van der Waals surface area contributed by atoms with Gasteiger partial charge in [0.15, 0.2) is 0 Å². The molecule has 0 unspecified atom stereocenters. The van der Waals surface area contributed by atoms with E-state index in [1.165, 1.54) is 0 Å². The van der Waals surface area contributed by atoms with Crippen LogP contribution in [0.1, 0.15) is 20.7 Å². The monoisotopic (exact) mass is 362 g/mol. The SMILES string of the molecule is O=C(c1ccccc1)N1CCN(C(=O)c2cc(Cl)cc(Cl)c2)CC1. The van der Waals surface area contributed by atoms with Gasteiger partial charge in [-0.2, -0.15) is 0 Å². The molecule has 2 aromatic rings. The van der Waals surface area contributed by atoms with Crippen LogP contribution in [0.4, 0.5) is 0 Å². The van der Waals surface area contributed by atoms with Crippen LogP contribution in [0.3, 0.4) is 0 Å². The van der Waals surface area contributed by atoms with Gasteiger partial charge in [0.2, 0.25) is 0 Å². The predicted molar refractivity (Wildman–Crippen MR) is 94.7 cm³/mol. The van der Waals surface area contributed by atoms with E-state index in [0.29, 0.717) is 47.4 Å². The fourth-order valence-corrected chi connectivity index (χ4v) is 3.26. The molecule has 4 nitrogen and oxygen atoms in total. The zero-order valence-corrected chi connectivity index (χ0v) is 14.4. The Morgan fingerprint density at radius 3 is 1.67 bits per heavy atom. The van der Waals surface area contributed by atoms with E-state index >= 15 is 0 Å². The van der Waals surface area contributed by atoms with Crippen molar-refractivity contribution >= 4 is 35.0 Å². The zero-order chi connectivity index (χ0) is 17.1. The first-order valence-corrected chi connectivity index (χ1v) is 8.40. The Labute approximate surface area is 150 Å². The van der Waals surface area contributed by atoms with Crippen LogP contribution in [0.15, 0.2) is 48.5 Å². The van der Waals surface area contributed by atoms with Gasteiger partial charge >= 0.3 is 0 Å². The maximum Gasteiger partial charge on any atom is 0.254 e. The quantitative estimate of drug-likeness (QED) is 0.818. The summed E-state index contributed by atoms with van der Waals surface area (Å²) >= 11 is 11.9. The van der Waals surface area contributed by atoms with Gasteiger partial charge in [0.25, 0.3) is 11.8 Å². The van der Waals surface area contributed by atoms with Gasteiger partial charge < -0.3 is 9.80 Å². The van der Waals surface area contributed by atoms with Crippen molar-refractivity contribution in [3.05, 3.63) is 69.7 Å². The van der Waals surface area contributed by atoms with Crippen molar-refractivity contribution in [3.63, 3.8) is 0 Å². The van der Waals surface area contributed by atoms with Crippen molar-refractivity contribution in [2.45, 2.75) is 0 Å². The highest BCUT2D eigenvalue weighted by Gasteiger charge is 2.25. The van der Waals surface area contributed by atoms with E-state index in [1.54, 1.807) is 40.1 Å². The number of halogens is 2. The van der Waals surface area contributed by atoms with E-state index in [4.69, 9.17) is 23.2 Å². The van der Waals surface area contributed by atoms with Crippen molar-refractivity contribution < 1.29 is 9.59 Å². The molecule has 0 bridgehead atoms. The van der Waals surface area contributed by atoms with Crippen molar-refractivity contribution in [2.24, 2.45) is 0 Å². The van der Waals surface area contributed by atoms with Gasteiger partial charge in [-0.1, -0.05) is 41.4 Å². The number of rotatable bonds is 2. The van der Waals surface area contributed by atoms with Gasteiger partial charge in [-0.05, 0) is 30.3 Å². The van der Waals surface area contributed by atoms with Crippen molar-refractivity contribution in [1.29, 1.82) is 0 Å². The lowest BCUT2D eigenvalue weighted by Crippen LogP contribution is -2.50. The normalized spacial score (nSPS) is 14.6. The number of amides is 2. The molecule has 6 heteroatoms. The van der Waals surface area contributed by atoms with Crippen LogP contribution in [0, 0.1) is 0 Å². The molecule has 0 aliphatic carbocycles. The Morgan fingerprint density at radius 2 is 1.17 bits per heavy atom. The van der Waals surface area contributed by atoms with Crippen LogP contribution in [-0.4, -0.2) is 47.8 Å². The van der Waals surface area contributed by atoms with Gasteiger partial charge in [0.1, 0.15) is 0 Å². The topological polar surface area (TPSA) is 40.6 Å². The first-order chi connectivity index (χ1) is 11.5. The molecule has 0 spiro atoms. The van der Waals surface area contributed by atoms with E-state index in [-0.39, 0.29) is 11.8 Å². The average Bonchev–Trinajstić information content (AvgIpc) is 2.60. The molecule has 0 atom stereocenters. The van der Waals surface area contributed by atoms with Gasteiger partial charge in [0, 0.05) is 47.4 Å². The van der Waals surface area contributed by atoms with E-state index in [2.05, 4.69) is 0 Å². The third kappa shape index (κ3) is 3.71. The first kappa shape index (κ1) is 16.8. The molecule has 124 valence electrons. The van der Waals surface area contributed by atoms with Crippen LogP contribution in [0.5, 0.6) is 0 Å². The lowest BCUT2D eigenvalue weighted by Gasteiger charge is -2.35. The van der Waals surface area contributed by atoms with Crippen LogP contribution >= 0.6 is 23.2 Å². The lowest BCUT2D eigenvalue weighted by atomic mass is 10.1. The lowest BCUT2D eigenvalue weighted by molar-refractivity contribution is 0.0535. The average molecular weight is 363 g/mol. The molecule has 1 heterocycles. The molecule has 24 heavy (non-hydrogen) atoms. The molecular formula is C18H16Cl2N2O2. The van der Waals surface area contributed by atoms with Crippen LogP contribution in [0.25, 0.3) is 0 Å². The molecule has 2 amide bonds. The van der Waals surface area contributed by atoms with Crippen molar-refractivity contribution in [3.8, 4) is 0 Å². The summed E-state index contributed by atoms with van der Waals surface area (Å²) in [5.74, 6) is -0.125. The number of carbonyl (C=O) groups is 2. The van der Waals surface area contributed by atoms with Gasteiger partial charge in [-0.3, -0.25) is 9.59 Å². The molecule has 0 saturated carbocycles. The minimum Gasteiger partial charge on any atom is -0.335 e. The summed E-state index contributed by atoms with van der Waals surface area (Å²) in [7, 11) is 0.